The molecule has 0 spiro atoms. The van der Waals surface area contributed by atoms with Crippen molar-refractivity contribution >= 4 is 23.4 Å². The summed E-state index contributed by atoms with van der Waals surface area (Å²) in [5.41, 5.74) is 2.23. The molecular formula is C20H20ClN3OS. The molecule has 0 saturated heterocycles. The molecule has 0 aliphatic rings. The van der Waals surface area contributed by atoms with Gasteiger partial charge < -0.3 is 4.74 Å². The molecule has 0 saturated carbocycles. The molecule has 0 N–H and O–H groups in total. The van der Waals surface area contributed by atoms with Gasteiger partial charge in [-0.15, -0.1) is 16.8 Å². The maximum absolute atomic E-state index is 6.23. The predicted octanol–water partition coefficient (Wildman–Crippen LogP) is 5.30. The number of hydrogen-bond acceptors (Lipinski definition) is 4. The van der Waals surface area contributed by atoms with Crippen molar-refractivity contribution in [2.75, 3.05) is 0 Å². The van der Waals surface area contributed by atoms with Crippen LogP contribution in [0.2, 0.25) is 5.02 Å². The molecule has 1 heterocycles. The first-order valence-corrected chi connectivity index (χ1v) is 9.62. The predicted molar refractivity (Wildman–Crippen MR) is 107 cm³/mol. The Balaban J connectivity index is 1.71. The number of ether oxygens (including phenoxy) is 1. The van der Waals surface area contributed by atoms with E-state index in [9.17, 15) is 0 Å². The van der Waals surface area contributed by atoms with Gasteiger partial charge in [0.25, 0.3) is 0 Å². The SMILES string of the molecule is C=CCn1c(COc2cccc(C)c2)nnc1SCc1ccccc1Cl. The Bertz CT molecular complexity index is 894. The lowest BCUT2D eigenvalue weighted by molar-refractivity contribution is 0.289. The van der Waals surface area contributed by atoms with Gasteiger partial charge in [0.05, 0.1) is 0 Å². The van der Waals surface area contributed by atoms with E-state index in [2.05, 4.69) is 16.8 Å². The molecule has 4 nitrogen and oxygen atoms in total. The summed E-state index contributed by atoms with van der Waals surface area (Å²) >= 11 is 7.84. The molecule has 0 unspecified atom stereocenters. The summed E-state index contributed by atoms with van der Waals surface area (Å²) in [7, 11) is 0. The summed E-state index contributed by atoms with van der Waals surface area (Å²) in [6.45, 7) is 6.86. The molecule has 0 amide bonds. The number of benzene rings is 2. The van der Waals surface area contributed by atoms with Crippen LogP contribution in [0.25, 0.3) is 0 Å². The Kier molecular flexibility index (Phi) is 6.36. The van der Waals surface area contributed by atoms with E-state index in [-0.39, 0.29) is 0 Å². The first-order chi connectivity index (χ1) is 12.7. The number of nitrogens with zero attached hydrogens (tertiary/aromatic N) is 3. The first kappa shape index (κ1) is 18.5. The maximum Gasteiger partial charge on any atom is 0.191 e. The molecule has 0 atom stereocenters. The van der Waals surface area contributed by atoms with E-state index in [1.54, 1.807) is 11.8 Å². The van der Waals surface area contributed by atoms with Crippen molar-refractivity contribution in [1.82, 2.24) is 14.8 Å². The van der Waals surface area contributed by atoms with Crippen molar-refractivity contribution in [2.24, 2.45) is 0 Å². The summed E-state index contributed by atoms with van der Waals surface area (Å²) < 4.78 is 7.89. The number of rotatable bonds is 8. The van der Waals surface area contributed by atoms with Crippen LogP contribution >= 0.6 is 23.4 Å². The normalized spacial score (nSPS) is 10.7. The lowest BCUT2D eigenvalue weighted by Gasteiger charge is -2.10. The van der Waals surface area contributed by atoms with Gasteiger partial charge in [-0.2, -0.15) is 0 Å². The quantitative estimate of drug-likeness (QED) is 0.390. The number of allylic oxidation sites excluding steroid dienone is 1. The van der Waals surface area contributed by atoms with Crippen molar-refractivity contribution < 1.29 is 4.74 Å². The summed E-state index contributed by atoms with van der Waals surface area (Å²) in [5.74, 6) is 2.32. The Hall–Kier alpha value is -2.24. The molecule has 1 aromatic heterocycles. The highest BCUT2D eigenvalue weighted by molar-refractivity contribution is 7.98. The lowest BCUT2D eigenvalue weighted by atomic mass is 10.2. The van der Waals surface area contributed by atoms with Gasteiger partial charge in [-0.1, -0.05) is 59.8 Å². The third-order valence-corrected chi connectivity index (χ3v) is 5.16. The van der Waals surface area contributed by atoms with Gasteiger partial charge in [0.2, 0.25) is 0 Å². The Morgan fingerprint density at radius 1 is 1.19 bits per heavy atom. The number of thioether (sulfide) groups is 1. The average molecular weight is 386 g/mol. The monoisotopic (exact) mass is 385 g/mol. The van der Waals surface area contributed by atoms with Gasteiger partial charge in [-0.3, -0.25) is 4.57 Å². The van der Waals surface area contributed by atoms with Crippen molar-refractivity contribution in [3.8, 4) is 5.75 Å². The van der Waals surface area contributed by atoms with Crippen LogP contribution in [0.15, 0.2) is 66.3 Å². The Morgan fingerprint density at radius 2 is 2.04 bits per heavy atom. The van der Waals surface area contributed by atoms with Crippen LogP contribution in [-0.4, -0.2) is 14.8 Å². The van der Waals surface area contributed by atoms with Gasteiger partial charge in [-0.05, 0) is 36.2 Å². The fraction of sp³-hybridized carbons (Fsp3) is 0.200. The second-order valence-electron chi connectivity index (χ2n) is 5.78. The van der Waals surface area contributed by atoms with E-state index in [1.807, 2.05) is 66.1 Å². The van der Waals surface area contributed by atoms with Crippen LogP contribution < -0.4 is 4.74 Å². The van der Waals surface area contributed by atoms with Crippen molar-refractivity contribution in [3.63, 3.8) is 0 Å². The van der Waals surface area contributed by atoms with Crippen LogP contribution in [-0.2, 0) is 18.9 Å². The van der Waals surface area contributed by atoms with E-state index in [0.29, 0.717) is 13.2 Å². The highest BCUT2D eigenvalue weighted by Crippen LogP contribution is 2.26. The van der Waals surface area contributed by atoms with Gasteiger partial charge in [-0.25, -0.2) is 0 Å². The van der Waals surface area contributed by atoms with Crippen molar-refractivity contribution in [1.29, 1.82) is 0 Å². The summed E-state index contributed by atoms with van der Waals surface area (Å²) in [6.07, 6.45) is 1.83. The standard InChI is InChI=1S/C20H20ClN3OS/c1-3-11-24-19(13-25-17-9-6-7-15(2)12-17)22-23-20(24)26-14-16-8-4-5-10-18(16)21/h3-10,12H,1,11,13-14H2,2H3. The van der Waals surface area contributed by atoms with Gasteiger partial charge in [0, 0.05) is 17.3 Å². The highest BCUT2D eigenvalue weighted by atomic mass is 35.5. The smallest absolute Gasteiger partial charge is 0.191 e. The minimum atomic E-state index is 0.358. The van der Waals surface area contributed by atoms with Crippen molar-refractivity contribution in [2.45, 2.75) is 31.0 Å². The second kappa shape index (κ2) is 8.92. The number of aryl methyl sites for hydroxylation is 1. The van der Waals surface area contributed by atoms with E-state index >= 15 is 0 Å². The molecule has 3 aromatic rings. The zero-order chi connectivity index (χ0) is 18.4. The minimum Gasteiger partial charge on any atom is -0.486 e. The van der Waals surface area contributed by atoms with Gasteiger partial charge in [0.1, 0.15) is 12.4 Å². The molecule has 0 fully saturated rings. The third kappa shape index (κ3) is 4.68. The fourth-order valence-corrected chi connectivity index (χ4v) is 3.71. The van der Waals surface area contributed by atoms with Crippen LogP contribution in [0.1, 0.15) is 17.0 Å². The topological polar surface area (TPSA) is 39.9 Å². The third-order valence-electron chi connectivity index (χ3n) is 3.78. The van der Waals surface area contributed by atoms with E-state index in [1.165, 1.54) is 0 Å². The van der Waals surface area contributed by atoms with Crippen LogP contribution in [0.4, 0.5) is 0 Å². The Labute approximate surface area is 162 Å². The van der Waals surface area contributed by atoms with E-state index in [0.717, 1.165) is 38.6 Å². The maximum atomic E-state index is 6.23. The Morgan fingerprint density at radius 3 is 2.81 bits per heavy atom. The minimum absolute atomic E-state index is 0.358. The molecule has 0 radical (unpaired) electrons. The molecular weight excluding hydrogens is 366 g/mol. The summed E-state index contributed by atoms with van der Waals surface area (Å²) in [4.78, 5) is 0. The largest absolute Gasteiger partial charge is 0.486 e. The summed E-state index contributed by atoms with van der Waals surface area (Å²) in [5, 5.41) is 10.2. The first-order valence-electron chi connectivity index (χ1n) is 8.26. The molecule has 0 aliphatic heterocycles. The second-order valence-corrected chi connectivity index (χ2v) is 7.13. The molecule has 134 valence electrons. The van der Waals surface area contributed by atoms with Gasteiger partial charge >= 0.3 is 0 Å². The lowest BCUT2D eigenvalue weighted by Crippen LogP contribution is -2.07. The highest BCUT2D eigenvalue weighted by Gasteiger charge is 2.13. The average Bonchev–Trinajstić information content (AvgIpc) is 3.02. The molecule has 2 aromatic carbocycles. The van der Waals surface area contributed by atoms with Crippen LogP contribution in [0.5, 0.6) is 5.75 Å². The zero-order valence-electron chi connectivity index (χ0n) is 14.6. The molecule has 0 aliphatic carbocycles. The molecule has 3 rings (SSSR count). The molecule has 0 bridgehead atoms. The summed E-state index contributed by atoms with van der Waals surface area (Å²) in [6, 6.07) is 15.8. The zero-order valence-corrected chi connectivity index (χ0v) is 16.1. The van der Waals surface area contributed by atoms with E-state index < -0.39 is 0 Å². The molecule has 26 heavy (non-hydrogen) atoms. The number of hydrogen-bond donors (Lipinski definition) is 0. The van der Waals surface area contributed by atoms with Crippen LogP contribution in [0, 0.1) is 6.92 Å². The number of halogens is 1. The van der Waals surface area contributed by atoms with Crippen molar-refractivity contribution in [3.05, 3.63) is 83.2 Å². The fourth-order valence-electron chi connectivity index (χ4n) is 2.46. The van der Waals surface area contributed by atoms with E-state index in [4.69, 9.17) is 16.3 Å². The number of aromatic nitrogens is 3. The van der Waals surface area contributed by atoms with Gasteiger partial charge in [0.15, 0.2) is 11.0 Å². The van der Waals surface area contributed by atoms with Crippen LogP contribution in [0.3, 0.4) is 0 Å². The molecule has 6 heteroatoms.